The van der Waals surface area contributed by atoms with Gasteiger partial charge in [0.1, 0.15) is 11.6 Å². The van der Waals surface area contributed by atoms with Gasteiger partial charge in [-0.2, -0.15) is 0 Å². The Hall–Kier alpha value is -3.22. The Morgan fingerprint density at radius 1 is 1.27 bits per heavy atom. The first-order valence-electron chi connectivity index (χ1n) is 10.0. The van der Waals surface area contributed by atoms with Crippen LogP contribution in [0.25, 0.3) is 11.3 Å². The third-order valence-electron chi connectivity index (χ3n) is 5.65. The summed E-state index contributed by atoms with van der Waals surface area (Å²) >= 11 is 0. The van der Waals surface area contributed by atoms with E-state index < -0.39 is 0 Å². The van der Waals surface area contributed by atoms with Gasteiger partial charge in [0, 0.05) is 17.8 Å². The first-order valence-corrected chi connectivity index (χ1v) is 10.0. The molecule has 2 atom stereocenters. The first kappa shape index (κ1) is 20.1. The monoisotopic (exact) mass is 409 g/mol. The molecule has 0 spiro atoms. The number of oxazole rings is 1. The van der Waals surface area contributed by atoms with E-state index in [0.717, 1.165) is 48.1 Å². The second-order valence-electron chi connectivity index (χ2n) is 7.68. The molecule has 1 fully saturated rings. The van der Waals surface area contributed by atoms with E-state index in [0.29, 0.717) is 5.76 Å². The molecule has 3 aromatic rings. The van der Waals surface area contributed by atoms with E-state index in [-0.39, 0.29) is 29.4 Å². The Morgan fingerprint density at radius 2 is 2.13 bits per heavy atom. The second kappa shape index (κ2) is 8.65. The number of amides is 1. The molecule has 2 heterocycles. The van der Waals surface area contributed by atoms with Crippen LogP contribution in [0.3, 0.4) is 0 Å². The molecule has 2 aromatic heterocycles. The molecule has 1 aliphatic carbocycles. The highest BCUT2D eigenvalue weighted by molar-refractivity contribution is 5.97. The van der Waals surface area contributed by atoms with Crippen molar-refractivity contribution in [3.8, 4) is 17.1 Å². The van der Waals surface area contributed by atoms with E-state index in [1.54, 1.807) is 13.3 Å². The van der Waals surface area contributed by atoms with Gasteiger partial charge in [-0.05, 0) is 67.5 Å². The minimum absolute atomic E-state index is 0.0123. The van der Waals surface area contributed by atoms with Gasteiger partial charge in [0.2, 0.25) is 0 Å². The van der Waals surface area contributed by atoms with E-state index in [4.69, 9.17) is 9.15 Å². The van der Waals surface area contributed by atoms with Crippen LogP contribution in [-0.2, 0) is 0 Å². The Bertz CT molecular complexity index is 1050. The van der Waals surface area contributed by atoms with Crippen molar-refractivity contribution in [3.63, 3.8) is 0 Å². The fraction of sp³-hybridized carbons (Fsp3) is 0.348. The average Bonchev–Trinajstić information content (AvgIpc) is 3.24. The summed E-state index contributed by atoms with van der Waals surface area (Å²) in [5.74, 6) is 0.772. The van der Waals surface area contributed by atoms with Gasteiger partial charge in [0.05, 0.1) is 13.3 Å². The molecule has 0 saturated heterocycles. The van der Waals surface area contributed by atoms with Crippen LogP contribution in [0, 0.1) is 12.7 Å². The van der Waals surface area contributed by atoms with Crippen molar-refractivity contribution < 1.29 is 18.3 Å². The highest BCUT2D eigenvalue weighted by atomic mass is 19.1. The topological polar surface area (TPSA) is 77.2 Å². The van der Waals surface area contributed by atoms with Crippen LogP contribution in [0.5, 0.6) is 5.75 Å². The standard InChI is InChI=1S/C23H24FN3O3/c1-14-8-16(6-7-20(14)29-2)22-21(26-13-30-22)23(28)27-19-5-3-4-15(10-19)17-9-18(24)12-25-11-17/h6-9,11-13,15,19H,3-5,10H2,1-2H3,(H,27,28). The second-order valence-corrected chi connectivity index (χ2v) is 7.68. The Kier molecular flexibility index (Phi) is 5.79. The number of halogens is 1. The smallest absolute Gasteiger partial charge is 0.274 e. The molecule has 1 saturated carbocycles. The Balaban J connectivity index is 1.48. The van der Waals surface area contributed by atoms with Crippen LogP contribution >= 0.6 is 0 Å². The first-order chi connectivity index (χ1) is 14.5. The van der Waals surface area contributed by atoms with Crippen molar-refractivity contribution in [2.24, 2.45) is 0 Å². The van der Waals surface area contributed by atoms with E-state index in [2.05, 4.69) is 15.3 Å². The molecule has 1 aliphatic rings. The molecular formula is C23H24FN3O3. The quantitative estimate of drug-likeness (QED) is 0.664. The summed E-state index contributed by atoms with van der Waals surface area (Å²) < 4.78 is 24.4. The summed E-state index contributed by atoms with van der Waals surface area (Å²) in [6, 6.07) is 7.11. The maximum atomic E-state index is 13.5. The van der Waals surface area contributed by atoms with Gasteiger partial charge in [-0.25, -0.2) is 9.37 Å². The van der Waals surface area contributed by atoms with Crippen LogP contribution in [0.2, 0.25) is 0 Å². The Labute approximate surface area is 174 Å². The zero-order valence-corrected chi connectivity index (χ0v) is 17.0. The molecule has 7 heteroatoms. The number of methoxy groups -OCH3 is 1. The molecule has 4 rings (SSSR count). The summed E-state index contributed by atoms with van der Waals surface area (Å²) in [7, 11) is 1.62. The zero-order valence-electron chi connectivity index (χ0n) is 17.0. The number of aryl methyl sites for hydroxylation is 1. The van der Waals surface area contributed by atoms with E-state index in [1.165, 1.54) is 18.7 Å². The van der Waals surface area contributed by atoms with Gasteiger partial charge >= 0.3 is 0 Å². The average molecular weight is 409 g/mol. The summed E-state index contributed by atoms with van der Waals surface area (Å²) in [5.41, 5.74) is 2.85. The number of benzene rings is 1. The lowest BCUT2D eigenvalue weighted by Gasteiger charge is -2.29. The number of hydrogen-bond donors (Lipinski definition) is 1. The van der Waals surface area contributed by atoms with Crippen LogP contribution < -0.4 is 10.1 Å². The summed E-state index contributed by atoms with van der Waals surface area (Å²) in [5, 5.41) is 3.08. The molecule has 2 unspecified atom stereocenters. The molecule has 0 aliphatic heterocycles. The fourth-order valence-corrected chi connectivity index (χ4v) is 4.16. The Morgan fingerprint density at radius 3 is 2.90 bits per heavy atom. The van der Waals surface area contributed by atoms with Crippen LogP contribution in [-0.4, -0.2) is 29.0 Å². The molecule has 1 aromatic carbocycles. The van der Waals surface area contributed by atoms with Crippen LogP contribution in [0.15, 0.2) is 47.5 Å². The molecule has 0 radical (unpaired) electrons. The third kappa shape index (κ3) is 4.20. The number of pyridine rings is 1. The van der Waals surface area contributed by atoms with E-state index in [1.807, 2.05) is 25.1 Å². The van der Waals surface area contributed by atoms with Crippen molar-refractivity contribution in [2.75, 3.05) is 7.11 Å². The lowest BCUT2D eigenvalue weighted by molar-refractivity contribution is 0.0921. The molecule has 6 nitrogen and oxygen atoms in total. The van der Waals surface area contributed by atoms with Gasteiger partial charge < -0.3 is 14.5 Å². The predicted octanol–water partition coefficient (Wildman–Crippen LogP) is 4.65. The van der Waals surface area contributed by atoms with Crippen molar-refractivity contribution in [3.05, 3.63) is 65.7 Å². The number of nitrogens with one attached hydrogen (secondary N) is 1. The molecule has 30 heavy (non-hydrogen) atoms. The number of hydrogen-bond acceptors (Lipinski definition) is 5. The molecular weight excluding hydrogens is 385 g/mol. The minimum Gasteiger partial charge on any atom is -0.496 e. The van der Waals surface area contributed by atoms with Crippen LogP contribution in [0.1, 0.15) is 53.2 Å². The van der Waals surface area contributed by atoms with Crippen LogP contribution in [0.4, 0.5) is 4.39 Å². The number of carbonyl (C=O) groups excluding carboxylic acids is 1. The highest BCUT2D eigenvalue weighted by Gasteiger charge is 2.27. The minimum atomic E-state index is -0.333. The number of aromatic nitrogens is 2. The van der Waals surface area contributed by atoms with Crippen molar-refractivity contribution in [1.82, 2.24) is 15.3 Å². The number of rotatable bonds is 5. The normalized spacial score (nSPS) is 18.8. The maximum absolute atomic E-state index is 13.5. The molecule has 0 bridgehead atoms. The molecule has 156 valence electrons. The fourth-order valence-electron chi connectivity index (χ4n) is 4.16. The van der Waals surface area contributed by atoms with Gasteiger partial charge in [0.25, 0.3) is 5.91 Å². The highest BCUT2D eigenvalue weighted by Crippen LogP contribution is 2.33. The lowest BCUT2D eigenvalue weighted by Crippen LogP contribution is -2.38. The summed E-state index contributed by atoms with van der Waals surface area (Å²) in [4.78, 5) is 21.0. The van der Waals surface area contributed by atoms with Gasteiger partial charge in [0.15, 0.2) is 17.8 Å². The summed E-state index contributed by atoms with van der Waals surface area (Å²) in [6.45, 7) is 1.93. The van der Waals surface area contributed by atoms with E-state index >= 15 is 0 Å². The van der Waals surface area contributed by atoms with Gasteiger partial charge in [-0.1, -0.05) is 6.42 Å². The zero-order chi connectivity index (χ0) is 21.1. The SMILES string of the molecule is COc1ccc(-c2ocnc2C(=O)NC2CCCC(c3cncc(F)c3)C2)cc1C. The largest absolute Gasteiger partial charge is 0.496 e. The third-order valence-corrected chi connectivity index (χ3v) is 5.65. The summed E-state index contributed by atoms with van der Waals surface area (Å²) in [6.07, 6.45) is 7.73. The van der Waals surface area contributed by atoms with E-state index in [9.17, 15) is 9.18 Å². The number of nitrogens with zero attached hydrogens (tertiary/aromatic N) is 2. The number of ether oxygens (including phenoxy) is 1. The van der Waals surface area contributed by atoms with Gasteiger partial charge in [-0.15, -0.1) is 0 Å². The van der Waals surface area contributed by atoms with Crippen molar-refractivity contribution >= 4 is 5.91 Å². The number of carbonyl (C=O) groups is 1. The lowest BCUT2D eigenvalue weighted by atomic mass is 9.82. The van der Waals surface area contributed by atoms with Crippen molar-refractivity contribution in [2.45, 2.75) is 44.6 Å². The van der Waals surface area contributed by atoms with Gasteiger partial charge in [-0.3, -0.25) is 9.78 Å². The molecule has 1 amide bonds. The van der Waals surface area contributed by atoms with Crippen molar-refractivity contribution in [1.29, 1.82) is 0 Å². The molecule has 1 N–H and O–H groups in total. The predicted molar refractivity (Wildman–Crippen MR) is 110 cm³/mol. The maximum Gasteiger partial charge on any atom is 0.274 e.